The van der Waals surface area contributed by atoms with Gasteiger partial charge in [0.25, 0.3) is 0 Å². The molecule has 0 saturated heterocycles. The first-order valence-electron chi connectivity index (χ1n) is 30.0. The molecule has 0 amide bonds. The summed E-state index contributed by atoms with van der Waals surface area (Å²) in [4.78, 5) is 85.4. The number of thiazole rings is 1. The molecule has 0 unspecified atom stereocenters. The predicted octanol–water partition coefficient (Wildman–Crippen LogP) is 13.8. The zero-order valence-corrected chi connectivity index (χ0v) is 48.4. The summed E-state index contributed by atoms with van der Waals surface area (Å²) in [7, 11) is 0. The van der Waals surface area contributed by atoms with Crippen LogP contribution in [-0.4, -0.2) is 65.2 Å². The number of hydrogen-bond donors (Lipinski definition) is 0. The molecule has 6 fully saturated rings. The fourth-order valence-electron chi connectivity index (χ4n) is 13.4. The first kappa shape index (κ1) is 58.3. The van der Waals surface area contributed by atoms with E-state index in [4.69, 9.17) is 33.4 Å². The van der Waals surface area contributed by atoms with Gasteiger partial charge in [0, 0.05) is 5.56 Å². The van der Waals surface area contributed by atoms with Crippen LogP contribution in [0.15, 0.2) is 36.4 Å². The number of nitrogens with zero attached hydrogens (tertiary/aromatic N) is 2. The number of esters is 6. The van der Waals surface area contributed by atoms with E-state index >= 15 is 0 Å². The van der Waals surface area contributed by atoms with Crippen LogP contribution in [0.1, 0.15) is 201 Å². The fourth-order valence-corrected chi connectivity index (χ4v) is 14.5. The Hall–Kier alpha value is -5.36. The van der Waals surface area contributed by atoms with E-state index < -0.39 is 23.8 Å². The molecule has 14 nitrogen and oxygen atoms in total. The van der Waals surface area contributed by atoms with E-state index in [-0.39, 0.29) is 94.3 Å². The molecule has 0 radical (unpaired) electrons. The summed E-state index contributed by atoms with van der Waals surface area (Å²) in [5, 5.41) is 10.0. The third-order valence-corrected chi connectivity index (χ3v) is 20.0. The molecule has 6 aliphatic carbocycles. The van der Waals surface area contributed by atoms with Gasteiger partial charge in [-0.25, -0.2) is 4.98 Å². The Morgan fingerprint density at radius 2 is 0.734 bits per heavy atom. The molecule has 1 heterocycles. The van der Waals surface area contributed by atoms with Gasteiger partial charge in [0.15, 0.2) is 11.5 Å². The summed E-state index contributed by atoms with van der Waals surface area (Å²) in [6, 6.07) is 12.4. The lowest BCUT2D eigenvalue weighted by atomic mass is 9.70. The Kier molecular flexibility index (Phi) is 18.9. The van der Waals surface area contributed by atoms with Crippen molar-refractivity contribution in [1.82, 2.24) is 4.98 Å². The highest BCUT2D eigenvalue weighted by Gasteiger charge is 2.40. The highest BCUT2D eigenvalue weighted by Crippen LogP contribution is 2.45. The maximum atomic E-state index is 13.8. The first-order valence-corrected chi connectivity index (χ1v) is 30.8. The Morgan fingerprint density at radius 1 is 0.430 bits per heavy atom. The van der Waals surface area contributed by atoms with Crippen molar-refractivity contribution in [1.29, 1.82) is 5.26 Å². The maximum absolute atomic E-state index is 13.8. The number of fused-ring (bicyclic) bond motifs is 1. The van der Waals surface area contributed by atoms with Crippen molar-refractivity contribution < 1.29 is 57.2 Å². The number of rotatable bonds is 13. The van der Waals surface area contributed by atoms with Gasteiger partial charge < -0.3 is 28.4 Å². The minimum absolute atomic E-state index is 0.0246. The number of benzene rings is 2. The third kappa shape index (κ3) is 15.0. The average Bonchev–Trinajstić information content (AvgIpc) is 3.94. The van der Waals surface area contributed by atoms with Gasteiger partial charge in [-0.05, 0) is 201 Å². The molecule has 0 bridgehead atoms. The fraction of sp³-hybridized carbons (Fsp3) is 0.688. The Labute approximate surface area is 471 Å². The van der Waals surface area contributed by atoms with Crippen molar-refractivity contribution in [3.63, 3.8) is 0 Å². The van der Waals surface area contributed by atoms with Crippen LogP contribution in [0.25, 0.3) is 20.8 Å². The van der Waals surface area contributed by atoms with Gasteiger partial charge in [0.1, 0.15) is 39.6 Å². The van der Waals surface area contributed by atoms with Crippen molar-refractivity contribution in [2.24, 2.45) is 58.2 Å². The van der Waals surface area contributed by atoms with E-state index in [9.17, 15) is 34.0 Å². The van der Waals surface area contributed by atoms with Crippen LogP contribution in [0.2, 0.25) is 0 Å². The lowest BCUT2D eigenvalue weighted by Crippen LogP contribution is -2.35. The molecule has 0 aliphatic heterocycles. The molecule has 0 N–H and O–H groups in total. The largest absolute Gasteiger partial charge is 0.462 e. The van der Waals surface area contributed by atoms with Gasteiger partial charge in [-0.3, -0.25) is 28.8 Å². The molecule has 79 heavy (non-hydrogen) atoms. The van der Waals surface area contributed by atoms with E-state index in [0.29, 0.717) is 135 Å². The summed E-state index contributed by atoms with van der Waals surface area (Å²) < 4.78 is 36.7. The number of hydrogen-bond acceptors (Lipinski definition) is 15. The number of nitriles is 1. The highest BCUT2D eigenvalue weighted by molar-refractivity contribution is 7.22. The molecule has 2 aromatic carbocycles. The standard InChI is InChI=1S/C64H84N2O12S/c1-63(2,3)46-23-19-44(20-24-46)59(69)75-50-31-27-48(28-32-50)73-57(67)40-11-15-42(16-12-40)61(71)77-52-35-36-53(55-54(52)66-56(79-55)39-9-7-38(37-65)8-10-39)78-62(72)43-17-13-41(14-18-43)58(68)74-49-29-33-51(34-30-49)76-60(70)45-21-25-47(26-22-45)64(4,5)6/h7-10,35-36,40-51H,11-34H2,1-6H3. The second-order valence-corrected chi connectivity index (χ2v) is 27.3. The first-order chi connectivity index (χ1) is 37.8. The Balaban J connectivity index is 0.726. The quantitative estimate of drug-likeness (QED) is 0.0891. The third-order valence-electron chi connectivity index (χ3n) is 18.9. The number of carbonyl (C=O) groups excluding carboxylic acids is 6. The van der Waals surface area contributed by atoms with Gasteiger partial charge in [0.05, 0.1) is 47.1 Å². The zero-order chi connectivity index (χ0) is 56.0. The lowest BCUT2D eigenvalue weighted by molar-refractivity contribution is -0.165. The molecule has 9 rings (SSSR count). The molecule has 1 aromatic heterocycles. The maximum Gasteiger partial charge on any atom is 0.314 e. The molecule has 0 atom stereocenters. The Morgan fingerprint density at radius 3 is 1.06 bits per heavy atom. The minimum atomic E-state index is -0.436. The van der Waals surface area contributed by atoms with Crippen LogP contribution in [-0.2, 0) is 47.7 Å². The van der Waals surface area contributed by atoms with E-state index in [1.54, 1.807) is 36.4 Å². The number of aromatic nitrogens is 1. The molecule has 6 saturated carbocycles. The second kappa shape index (κ2) is 25.6. The van der Waals surface area contributed by atoms with Gasteiger partial charge in [-0.1, -0.05) is 53.7 Å². The SMILES string of the molecule is CC(C)(C)C1CCC(C(=O)OC2CCC(OC(=O)C3CCC(C(=O)Oc4ccc(OC(=O)C5CCC(C(=O)OC6CCC(OC(=O)C7CCC(C(C)(C)C)CC7)CC6)CC5)c5sc(-c6ccc(C#N)cc6)nc45)CC3)CC2)CC1. The van der Waals surface area contributed by atoms with Crippen LogP contribution >= 0.6 is 11.3 Å². The molecular formula is C64H84N2O12S. The van der Waals surface area contributed by atoms with Crippen LogP contribution < -0.4 is 9.47 Å². The molecule has 428 valence electrons. The average molecular weight is 1110 g/mol. The summed E-state index contributed by atoms with van der Waals surface area (Å²) >= 11 is 1.29. The van der Waals surface area contributed by atoms with Gasteiger partial charge in [-0.2, -0.15) is 5.26 Å². The van der Waals surface area contributed by atoms with Gasteiger partial charge in [0.2, 0.25) is 0 Å². The highest BCUT2D eigenvalue weighted by atomic mass is 32.1. The van der Waals surface area contributed by atoms with Crippen LogP contribution in [0.5, 0.6) is 11.5 Å². The van der Waals surface area contributed by atoms with Crippen molar-refractivity contribution in [2.75, 3.05) is 0 Å². The monoisotopic (exact) mass is 1100 g/mol. The zero-order valence-electron chi connectivity index (χ0n) is 47.6. The Bertz CT molecular complexity index is 2510. The van der Waals surface area contributed by atoms with Crippen molar-refractivity contribution in [3.8, 4) is 28.1 Å². The summed E-state index contributed by atoms with van der Waals surface area (Å²) in [6.45, 7) is 13.6. The number of ether oxygens (including phenoxy) is 6. The van der Waals surface area contributed by atoms with Crippen LogP contribution in [0.4, 0.5) is 0 Å². The lowest BCUT2D eigenvalue weighted by Gasteiger charge is -2.37. The van der Waals surface area contributed by atoms with E-state index in [0.717, 1.165) is 56.9 Å². The van der Waals surface area contributed by atoms with E-state index in [1.165, 1.54) is 11.3 Å². The number of carbonyl (C=O) groups is 6. The minimum Gasteiger partial charge on any atom is -0.462 e. The molecule has 3 aromatic rings. The molecule has 6 aliphatic rings. The van der Waals surface area contributed by atoms with Crippen molar-refractivity contribution in [2.45, 2.75) is 220 Å². The van der Waals surface area contributed by atoms with Crippen LogP contribution in [0, 0.1) is 69.5 Å². The van der Waals surface area contributed by atoms with Crippen molar-refractivity contribution >= 4 is 57.4 Å². The smallest absolute Gasteiger partial charge is 0.314 e. The molecule has 0 spiro atoms. The van der Waals surface area contributed by atoms with E-state index in [2.05, 4.69) is 47.6 Å². The molecular weight excluding hydrogens is 1020 g/mol. The van der Waals surface area contributed by atoms with Crippen molar-refractivity contribution in [3.05, 3.63) is 42.0 Å². The van der Waals surface area contributed by atoms with E-state index in [1.807, 2.05) is 0 Å². The second-order valence-electron chi connectivity index (χ2n) is 26.3. The molecule has 15 heteroatoms. The summed E-state index contributed by atoms with van der Waals surface area (Å²) in [6.07, 6.45) is 16.2. The summed E-state index contributed by atoms with van der Waals surface area (Å²) in [5.41, 5.74) is 2.11. The van der Waals surface area contributed by atoms with Gasteiger partial charge in [-0.15, -0.1) is 11.3 Å². The summed E-state index contributed by atoms with van der Waals surface area (Å²) in [5.74, 6) is -1.22. The predicted molar refractivity (Wildman–Crippen MR) is 298 cm³/mol. The van der Waals surface area contributed by atoms with Crippen LogP contribution in [0.3, 0.4) is 0 Å². The van der Waals surface area contributed by atoms with Gasteiger partial charge >= 0.3 is 35.8 Å². The topological polar surface area (TPSA) is 194 Å². The normalized spacial score (nSPS) is 29.7.